The molecule has 15 heavy (non-hydrogen) atoms. The van der Waals surface area contributed by atoms with Gasteiger partial charge in [-0.25, -0.2) is 0 Å². The second-order valence-corrected chi connectivity index (χ2v) is 4.43. The Bertz CT molecular complexity index is 220. The van der Waals surface area contributed by atoms with Crippen molar-refractivity contribution in [1.82, 2.24) is 9.80 Å². The lowest BCUT2D eigenvalue weighted by atomic mass is 9.88. The van der Waals surface area contributed by atoms with Gasteiger partial charge in [0.2, 0.25) is 5.91 Å². The van der Waals surface area contributed by atoms with E-state index >= 15 is 0 Å². The van der Waals surface area contributed by atoms with Gasteiger partial charge in [-0.2, -0.15) is 0 Å². The lowest BCUT2D eigenvalue weighted by Crippen LogP contribution is -2.68. The fourth-order valence-electron chi connectivity index (χ4n) is 2.05. The molecule has 2 N–H and O–H groups in total. The fraction of sp³-hybridized carbons (Fsp3) is 0.909. The molecule has 0 aromatic carbocycles. The molecule has 1 amide bonds. The minimum Gasteiger partial charge on any atom is -0.342 e. The van der Waals surface area contributed by atoms with Crippen molar-refractivity contribution in [3.63, 3.8) is 0 Å². The first-order valence-electron chi connectivity index (χ1n) is 5.83. The van der Waals surface area contributed by atoms with Crippen LogP contribution < -0.4 is 5.73 Å². The fourth-order valence-corrected chi connectivity index (χ4v) is 2.05. The summed E-state index contributed by atoms with van der Waals surface area (Å²) in [4.78, 5) is 15.7. The molecule has 4 heteroatoms. The number of carbonyl (C=O) groups is 1. The average molecular weight is 213 g/mol. The SMILES string of the molecule is CCN(CC)C(=O)CN1CC(N)(CC)C1. The third-order valence-electron chi connectivity index (χ3n) is 3.26. The number of hydrogen-bond donors (Lipinski definition) is 1. The maximum absolute atomic E-state index is 11.8. The molecule has 1 heterocycles. The lowest BCUT2D eigenvalue weighted by molar-refractivity contribution is -0.134. The minimum atomic E-state index is -0.0382. The van der Waals surface area contributed by atoms with Crippen LogP contribution in [0.3, 0.4) is 0 Å². The number of carbonyl (C=O) groups excluding carboxylic acids is 1. The molecule has 0 radical (unpaired) electrons. The number of nitrogens with two attached hydrogens (primary N) is 1. The van der Waals surface area contributed by atoms with Crippen molar-refractivity contribution in [2.75, 3.05) is 32.7 Å². The summed E-state index contributed by atoms with van der Waals surface area (Å²) in [6.45, 7) is 9.96. The monoisotopic (exact) mass is 213 g/mol. The third-order valence-corrected chi connectivity index (χ3v) is 3.26. The van der Waals surface area contributed by atoms with Crippen LogP contribution in [0.2, 0.25) is 0 Å². The number of likely N-dealkylation sites (N-methyl/N-ethyl adjacent to an activating group) is 1. The molecule has 1 rings (SSSR count). The van der Waals surface area contributed by atoms with E-state index in [2.05, 4.69) is 11.8 Å². The van der Waals surface area contributed by atoms with E-state index < -0.39 is 0 Å². The molecule has 4 nitrogen and oxygen atoms in total. The van der Waals surface area contributed by atoms with Crippen LogP contribution in [-0.2, 0) is 4.79 Å². The summed E-state index contributed by atoms with van der Waals surface area (Å²) in [5, 5.41) is 0. The van der Waals surface area contributed by atoms with E-state index in [9.17, 15) is 4.79 Å². The summed E-state index contributed by atoms with van der Waals surface area (Å²) in [6, 6.07) is 0. The molecule has 1 saturated heterocycles. The van der Waals surface area contributed by atoms with Gasteiger partial charge < -0.3 is 10.6 Å². The molecule has 0 unspecified atom stereocenters. The zero-order valence-corrected chi connectivity index (χ0v) is 10.1. The molecule has 0 bridgehead atoms. The zero-order chi connectivity index (χ0) is 11.5. The molecule has 1 aliphatic rings. The maximum atomic E-state index is 11.8. The molecule has 0 aromatic rings. The number of hydrogen-bond acceptors (Lipinski definition) is 3. The lowest BCUT2D eigenvalue weighted by Gasteiger charge is -2.47. The molecular formula is C11H23N3O. The number of nitrogens with zero attached hydrogens (tertiary/aromatic N) is 2. The summed E-state index contributed by atoms with van der Waals surface area (Å²) >= 11 is 0. The molecule has 0 aromatic heterocycles. The topological polar surface area (TPSA) is 49.6 Å². The Kier molecular flexibility index (Phi) is 4.11. The standard InChI is InChI=1S/C11H23N3O/c1-4-11(12)8-13(9-11)7-10(15)14(5-2)6-3/h4-9,12H2,1-3H3. The Morgan fingerprint density at radius 3 is 2.27 bits per heavy atom. The van der Waals surface area contributed by atoms with Crippen molar-refractivity contribution in [2.45, 2.75) is 32.7 Å². The van der Waals surface area contributed by atoms with Gasteiger partial charge in [-0.15, -0.1) is 0 Å². The van der Waals surface area contributed by atoms with E-state index in [0.717, 1.165) is 32.6 Å². The summed E-state index contributed by atoms with van der Waals surface area (Å²) in [7, 11) is 0. The highest BCUT2D eigenvalue weighted by molar-refractivity contribution is 5.78. The molecule has 0 spiro atoms. The summed E-state index contributed by atoms with van der Waals surface area (Å²) in [5.41, 5.74) is 6.00. The van der Waals surface area contributed by atoms with Crippen molar-refractivity contribution < 1.29 is 4.79 Å². The number of rotatable bonds is 5. The molecule has 0 aliphatic carbocycles. The number of likely N-dealkylation sites (tertiary alicyclic amines) is 1. The molecular weight excluding hydrogens is 190 g/mol. The van der Waals surface area contributed by atoms with Crippen molar-refractivity contribution in [3.05, 3.63) is 0 Å². The third kappa shape index (κ3) is 2.92. The van der Waals surface area contributed by atoms with E-state index in [1.54, 1.807) is 0 Å². The highest BCUT2D eigenvalue weighted by atomic mass is 16.2. The maximum Gasteiger partial charge on any atom is 0.236 e. The van der Waals surface area contributed by atoms with Crippen LogP contribution in [0.15, 0.2) is 0 Å². The molecule has 88 valence electrons. The van der Waals surface area contributed by atoms with Gasteiger partial charge in [-0.05, 0) is 20.3 Å². The first-order chi connectivity index (χ1) is 7.04. The Balaban J connectivity index is 2.30. The van der Waals surface area contributed by atoms with E-state index in [1.807, 2.05) is 18.7 Å². The summed E-state index contributed by atoms with van der Waals surface area (Å²) < 4.78 is 0. The minimum absolute atomic E-state index is 0.0382. The first kappa shape index (κ1) is 12.5. The smallest absolute Gasteiger partial charge is 0.236 e. The van der Waals surface area contributed by atoms with Crippen molar-refractivity contribution >= 4 is 5.91 Å². The Hall–Kier alpha value is -0.610. The van der Waals surface area contributed by atoms with Crippen molar-refractivity contribution in [3.8, 4) is 0 Å². The predicted molar refractivity (Wildman–Crippen MR) is 61.6 cm³/mol. The summed E-state index contributed by atoms with van der Waals surface area (Å²) in [5.74, 6) is 0.221. The van der Waals surface area contributed by atoms with Gasteiger partial charge in [0.05, 0.1) is 6.54 Å². The van der Waals surface area contributed by atoms with Crippen molar-refractivity contribution in [1.29, 1.82) is 0 Å². The van der Waals surface area contributed by atoms with Gasteiger partial charge in [0.15, 0.2) is 0 Å². The van der Waals surface area contributed by atoms with Crippen LogP contribution in [0, 0.1) is 0 Å². The van der Waals surface area contributed by atoms with Crippen molar-refractivity contribution in [2.24, 2.45) is 5.73 Å². The van der Waals surface area contributed by atoms with E-state index in [0.29, 0.717) is 6.54 Å². The second-order valence-electron chi connectivity index (χ2n) is 4.43. The quantitative estimate of drug-likeness (QED) is 0.713. The van der Waals surface area contributed by atoms with Gasteiger partial charge >= 0.3 is 0 Å². The second kappa shape index (κ2) is 4.94. The number of amides is 1. The van der Waals surface area contributed by atoms with Gasteiger partial charge in [-0.3, -0.25) is 9.69 Å². The Morgan fingerprint density at radius 1 is 1.33 bits per heavy atom. The largest absolute Gasteiger partial charge is 0.342 e. The van der Waals surface area contributed by atoms with Crippen LogP contribution in [-0.4, -0.2) is 54.0 Å². The van der Waals surface area contributed by atoms with Crippen LogP contribution in [0.5, 0.6) is 0 Å². The van der Waals surface area contributed by atoms with E-state index in [-0.39, 0.29) is 11.4 Å². The van der Waals surface area contributed by atoms with Gasteiger partial charge in [-0.1, -0.05) is 6.92 Å². The van der Waals surface area contributed by atoms with E-state index in [1.165, 1.54) is 0 Å². The average Bonchev–Trinajstić information content (AvgIpc) is 2.17. The predicted octanol–water partition coefficient (Wildman–Crippen LogP) is 0.278. The normalized spacial score (nSPS) is 19.7. The molecule has 0 saturated carbocycles. The molecule has 0 atom stereocenters. The highest BCUT2D eigenvalue weighted by Gasteiger charge is 2.38. The van der Waals surface area contributed by atoms with Crippen LogP contribution in [0.4, 0.5) is 0 Å². The summed E-state index contributed by atoms with van der Waals surface area (Å²) in [6.07, 6.45) is 0.989. The van der Waals surface area contributed by atoms with Gasteiger partial charge in [0.1, 0.15) is 0 Å². The zero-order valence-electron chi connectivity index (χ0n) is 10.1. The van der Waals surface area contributed by atoms with Gasteiger partial charge in [0, 0.05) is 31.7 Å². The highest BCUT2D eigenvalue weighted by Crippen LogP contribution is 2.20. The van der Waals surface area contributed by atoms with E-state index in [4.69, 9.17) is 5.73 Å². The van der Waals surface area contributed by atoms with Crippen LogP contribution in [0.25, 0.3) is 0 Å². The first-order valence-corrected chi connectivity index (χ1v) is 5.83. The van der Waals surface area contributed by atoms with Gasteiger partial charge in [0.25, 0.3) is 0 Å². The molecule has 1 fully saturated rings. The van der Waals surface area contributed by atoms with Crippen LogP contribution in [0.1, 0.15) is 27.2 Å². The Labute approximate surface area is 92.4 Å². The molecule has 1 aliphatic heterocycles. The van der Waals surface area contributed by atoms with Crippen LogP contribution >= 0.6 is 0 Å². The Morgan fingerprint density at radius 2 is 1.87 bits per heavy atom.